The summed E-state index contributed by atoms with van der Waals surface area (Å²) in [5, 5.41) is 6.86. The molecular weight excluding hydrogens is 444 g/mol. The first kappa shape index (κ1) is 24.3. The molecule has 1 fully saturated rings. The molecule has 1 aromatic heterocycles. The van der Waals surface area contributed by atoms with Crippen LogP contribution in [0.15, 0.2) is 64.9 Å². The first-order valence-corrected chi connectivity index (χ1v) is 11.7. The van der Waals surface area contributed by atoms with Crippen molar-refractivity contribution in [1.82, 2.24) is 20.2 Å². The number of aromatic nitrogens is 2. The SMILES string of the molecule is CN/C=C\N=CCN(c1cc(OC)cc(OC)c1)c1ccc2ncn(C3CCNCC3)c(=O)c2c1. The van der Waals surface area contributed by atoms with E-state index >= 15 is 0 Å². The van der Waals surface area contributed by atoms with Gasteiger partial charge in [-0.3, -0.25) is 14.4 Å². The lowest BCUT2D eigenvalue weighted by molar-refractivity contribution is 0.359. The number of nitrogens with one attached hydrogen (secondary N) is 2. The van der Waals surface area contributed by atoms with E-state index in [2.05, 4.69) is 25.5 Å². The van der Waals surface area contributed by atoms with Crippen molar-refractivity contribution in [3.05, 3.63) is 65.5 Å². The van der Waals surface area contributed by atoms with Gasteiger partial charge in [0.15, 0.2) is 0 Å². The smallest absolute Gasteiger partial charge is 0.261 e. The van der Waals surface area contributed by atoms with Crippen LogP contribution in [0.4, 0.5) is 11.4 Å². The van der Waals surface area contributed by atoms with Crippen LogP contribution in [0.1, 0.15) is 18.9 Å². The van der Waals surface area contributed by atoms with E-state index in [0.717, 1.165) is 37.3 Å². The molecule has 9 nitrogen and oxygen atoms in total. The Morgan fingerprint density at radius 2 is 1.89 bits per heavy atom. The topological polar surface area (TPSA) is 93.0 Å². The monoisotopic (exact) mass is 476 g/mol. The van der Waals surface area contributed by atoms with Crippen LogP contribution in [0.3, 0.4) is 0 Å². The van der Waals surface area contributed by atoms with Crippen molar-refractivity contribution in [2.24, 2.45) is 4.99 Å². The van der Waals surface area contributed by atoms with Crippen molar-refractivity contribution in [2.75, 3.05) is 45.8 Å². The van der Waals surface area contributed by atoms with Gasteiger partial charge in [-0.25, -0.2) is 4.98 Å². The van der Waals surface area contributed by atoms with Crippen LogP contribution in [-0.2, 0) is 0 Å². The molecule has 184 valence electrons. The number of hydrogen-bond acceptors (Lipinski definition) is 8. The molecule has 1 aliphatic heterocycles. The quantitative estimate of drug-likeness (QED) is 0.458. The molecule has 0 spiro atoms. The van der Waals surface area contributed by atoms with Gasteiger partial charge in [0.2, 0.25) is 0 Å². The minimum Gasteiger partial charge on any atom is -0.497 e. The van der Waals surface area contributed by atoms with Gasteiger partial charge >= 0.3 is 0 Å². The Morgan fingerprint density at radius 1 is 1.14 bits per heavy atom. The summed E-state index contributed by atoms with van der Waals surface area (Å²) in [4.78, 5) is 24.5. The predicted octanol–water partition coefficient (Wildman–Crippen LogP) is 3.24. The van der Waals surface area contributed by atoms with Gasteiger partial charge in [-0.15, -0.1) is 0 Å². The fourth-order valence-corrected chi connectivity index (χ4v) is 4.25. The van der Waals surface area contributed by atoms with E-state index in [1.807, 2.05) is 43.4 Å². The third-order valence-electron chi connectivity index (χ3n) is 6.12. The lowest BCUT2D eigenvalue weighted by Gasteiger charge is -2.26. The fourth-order valence-electron chi connectivity index (χ4n) is 4.25. The Bertz CT molecular complexity index is 1240. The minimum absolute atomic E-state index is 0.0162. The van der Waals surface area contributed by atoms with Crippen LogP contribution in [0, 0.1) is 0 Å². The molecule has 2 aromatic carbocycles. The zero-order valence-corrected chi connectivity index (χ0v) is 20.4. The second-order valence-corrected chi connectivity index (χ2v) is 8.26. The van der Waals surface area contributed by atoms with E-state index in [4.69, 9.17) is 9.47 Å². The molecule has 9 heteroatoms. The van der Waals surface area contributed by atoms with Crippen LogP contribution < -0.4 is 30.6 Å². The maximum Gasteiger partial charge on any atom is 0.261 e. The Labute approximate surface area is 205 Å². The molecule has 1 aliphatic rings. The summed E-state index contributed by atoms with van der Waals surface area (Å²) in [7, 11) is 5.07. The predicted molar refractivity (Wildman–Crippen MR) is 140 cm³/mol. The van der Waals surface area contributed by atoms with Gasteiger partial charge in [-0.05, 0) is 44.1 Å². The van der Waals surface area contributed by atoms with Crippen molar-refractivity contribution in [1.29, 1.82) is 0 Å². The van der Waals surface area contributed by atoms with Crippen molar-refractivity contribution >= 4 is 28.5 Å². The van der Waals surface area contributed by atoms with E-state index in [-0.39, 0.29) is 11.6 Å². The standard InChI is InChI=1S/C26H32N6O3/c1-27-10-11-29-12-13-31(21-14-22(34-2)17-23(15-21)35-3)20-4-5-25-24(16-20)26(33)32(18-30-25)19-6-8-28-9-7-19/h4-5,10-12,14-19,27-28H,6-9,13H2,1-3H3/b11-10-,29-12?. The molecule has 2 heterocycles. The Kier molecular flexibility index (Phi) is 7.99. The highest BCUT2D eigenvalue weighted by Crippen LogP contribution is 2.33. The number of ether oxygens (including phenoxy) is 2. The highest BCUT2D eigenvalue weighted by molar-refractivity contribution is 5.85. The molecule has 0 amide bonds. The number of rotatable bonds is 9. The summed E-state index contributed by atoms with van der Waals surface area (Å²) in [6.07, 6.45) is 8.76. The minimum atomic E-state index is -0.0162. The molecule has 1 saturated heterocycles. The number of benzene rings is 2. The largest absolute Gasteiger partial charge is 0.497 e. The second-order valence-electron chi connectivity index (χ2n) is 8.26. The average Bonchev–Trinajstić information content (AvgIpc) is 2.91. The van der Waals surface area contributed by atoms with Gasteiger partial charge < -0.3 is 25.0 Å². The molecule has 3 aromatic rings. The Balaban J connectivity index is 1.78. The molecule has 0 radical (unpaired) electrons. The van der Waals surface area contributed by atoms with Gasteiger partial charge in [0.1, 0.15) is 11.5 Å². The number of anilines is 2. The zero-order valence-electron chi connectivity index (χ0n) is 20.4. The van der Waals surface area contributed by atoms with E-state index in [9.17, 15) is 4.79 Å². The number of methoxy groups -OCH3 is 2. The van der Waals surface area contributed by atoms with Crippen molar-refractivity contribution in [2.45, 2.75) is 18.9 Å². The summed E-state index contributed by atoms with van der Waals surface area (Å²) >= 11 is 0. The first-order chi connectivity index (χ1) is 17.1. The average molecular weight is 477 g/mol. The number of aliphatic imine (C=N–C) groups is 1. The Hall–Kier alpha value is -3.85. The van der Waals surface area contributed by atoms with Crippen LogP contribution in [0.5, 0.6) is 11.5 Å². The van der Waals surface area contributed by atoms with Crippen molar-refractivity contribution in [3.8, 4) is 11.5 Å². The summed E-state index contributed by atoms with van der Waals surface area (Å²) < 4.78 is 12.8. The normalized spacial score (nSPS) is 14.6. The van der Waals surface area contributed by atoms with Crippen LogP contribution in [-0.4, -0.2) is 56.7 Å². The van der Waals surface area contributed by atoms with Crippen molar-refractivity contribution in [3.63, 3.8) is 0 Å². The lowest BCUT2D eigenvalue weighted by Crippen LogP contribution is -2.34. The fraction of sp³-hybridized carbons (Fsp3) is 0.346. The molecule has 4 rings (SSSR count). The first-order valence-electron chi connectivity index (χ1n) is 11.7. The lowest BCUT2D eigenvalue weighted by atomic mass is 10.1. The van der Waals surface area contributed by atoms with Gasteiger partial charge in [-0.1, -0.05) is 0 Å². The second kappa shape index (κ2) is 11.5. The molecule has 0 aliphatic carbocycles. The third-order valence-corrected chi connectivity index (χ3v) is 6.12. The maximum atomic E-state index is 13.5. The molecule has 0 atom stereocenters. The molecule has 2 N–H and O–H groups in total. The number of piperidine rings is 1. The van der Waals surface area contributed by atoms with E-state index < -0.39 is 0 Å². The number of nitrogens with zero attached hydrogens (tertiary/aromatic N) is 4. The Morgan fingerprint density at radius 3 is 2.57 bits per heavy atom. The van der Waals surface area contributed by atoms with Crippen LogP contribution in [0.2, 0.25) is 0 Å². The van der Waals surface area contributed by atoms with Crippen molar-refractivity contribution < 1.29 is 9.47 Å². The number of hydrogen-bond donors (Lipinski definition) is 2. The maximum absolute atomic E-state index is 13.5. The summed E-state index contributed by atoms with van der Waals surface area (Å²) in [6, 6.07) is 11.6. The van der Waals surface area contributed by atoms with Crippen LogP contribution in [0.25, 0.3) is 10.9 Å². The molecule has 0 bridgehead atoms. The molecular formula is C26H32N6O3. The summed E-state index contributed by atoms with van der Waals surface area (Å²) in [6.45, 7) is 2.28. The van der Waals surface area contributed by atoms with Gasteiger partial charge in [0.05, 0.1) is 38.0 Å². The summed E-state index contributed by atoms with van der Waals surface area (Å²) in [5.41, 5.74) is 2.36. The number of fused-ring (bicyclic) bond motifs is 1. The third kappa shape index (κ3) is 5.63. The highest BCUT2D eigenvalue weighted by atomic mass is 16.5. The zero-order chi connectivity index (χ0) is 24.6. The van der Waals surface area contributed by atoms with Gasteiger partial charge in [-0.2, -0.15) is 0 Å². The van der Waals surface area contributed by atoms with E-state index in [0.29, 0.717) is 28.9 Å². The van der Waals surface area contributed by atoms with E-state index in [1.54, 1.807) is 43.7 Å². The van der Waals surface area contributed by atoms with Gasteiger partial charge in [0.25, 0.3) is 5.56 Å². The molecule has 35 heavy (non-hydrogen) atoms. The molecule has 0 unspecified atom stereocenters. The van der Waals surface area contributed by atoms with Crippen LogP contribution >= 0.6 is 0 Å². The highest BCUT2D eigenvalue weighted by Gasteiger charge is 2.19. The van der Waals surface area contributed by atoms with Gasteiger partial charge in [0, 0.05) is 61.3 Å². The summed E-state index contributed by atoms with van der Waals surface area (Å²) in [5.74, 6) is 1.35. The molecule has 0 saturated carbocycles. The van der Waals surface area contributed by atoms with E-state index in [1.165, 1.54) is 0 Å².